The van der Waals surface area contributed by atoms with Gasteiger partial charge in [0.15, 0.2) is 6.10 Å². The van der Waals surface area contributed by atoms with Crippen molar-refractivity contribution in [2.75, 3.05) is 13.7 Å². The first-order valence-corrected chi connectivity index (χ1v) is 7.65. The van der Waals surface area contributed by atoms with Crippen LogP contribution in [0, 0.1) is 17.8 Å². The maximum absolute atomic E-state index is 14.5. The number of ether oxygens (including phenoxy) is 3. The molecule has 0 amide bonds. The quantitative estimate of drug-likeness (QED) is 0.443. The van der Waals surface area contributed by atoms with Crippen LogP contribution in [0.3, 0.4) is 0 Å². The Hall–Kier alpha value is -1.22. The molecule has 5 unspecified atom stereocenters. The Balaban J connectivity index is 1.78. The molecule has 2 aliphatic carbocycles. The van der Waals surface area contributed by atoms with Gasteiger partial charge < -0.3 is 14.2 Å². The molecule has 5 atom stereocenters. The van der Waals surface area contributed by atoms with Crippen LogP contribution in [0.25, 0.3) is 0 Å². The zero-order valence-electron chi connectivity index (χ0n) is 12.8. The fourth-order valence-electron chi connectivity index (χ4n) is 3.79. The molecule has 0 N–H and O–H groups in total. The van der Waals surface area contributed by atoms with E-state index in [1.807, 2.05) is 12.2 Å². The Morgan fingerprint density at radius 3 is 2.46 bits per heavy atom. The Kier molecular flexibility index (Phi) is 4.15. The largest absolute Gasteiger partial charge is 0.455 e. The number of rotatable bonds is 3. The molecule has 0 aromatic heterocycles. The van der Waals surface area contributed by atoms with Crippen molar-refractivity contribution in [2.45, 2.75) is 43.3 Å². The molecule has 1 heterocycles. The van der Waals surface area contributed by atoms with E-state index in [-0.39, 0.29) is 11.8 Å². The molecule has 0 spiro atoms. The summed E-state index contributed by atoms with van der Waals surface area (Å²) in [7, 11) is 0.492. The summed E-state index contributed by atoms with van der Waals surface area (Å²) in [6.45, 7) is -0.655. The monoisotopic (exact) mass is 356 g/mol. The summed E-state index contributed by atoms with van der Waals surface area (Å²) in [6.07, 6.45) is -3.25. The zero-order chi connectivity index (χ0) is 17.8. The summed E-state index contributed by atoms with van der Waals surface area (Å²) < 4.78 is 81.5. The van der Waals surface area contributed by atoms with Crippen LogP contribution in [-0.4, -0.2) is 43.7 Å². The summed E-state index contributed by atoms with van der Waals surface area (Å²) in [5, 5.41) is 0. The Labute approximate surface area is 134 Å². The van der Waals surface area contributed by atoms with Crippen LogP contribution in [0.5, 0.6) is 0 Å². The summed E-state index contributed by atoms with van der Waals surface area (Å²) in [5.74, 6) is -10.0. The van der Waals surface area contributed by atoms with Crippen molar-refractivity contribution >= 4 is 5.97 Å². The molecule has 1 aliphatic heterocycles. The third-order valence-electron chi connectivity index (χ3n) is 5.03. The molecule has 2 fully saturated rings. The molecule has 2 bridgehead atoms. The van der Waals surface area contributed by atoms with Crippen molar-refractivity contribution < 1.29 is 41.0 Å². The first kappa shape index (κ1) is 17.6. The highest BCUT2D eigenvalue weighted by molar-refractivity contribution is 5.74. The van der Waals surface area contributed by atoms with Crippen molar-refractivity contribution in [3.8, 4) is 0 Å². The second kappa shape index (κ2) is 5.66. The van der Waals surface area contributed by atoms with Crippen molar-refractivity contribution in [3.63, 3.8) is 0 Å². The average Bonchev–Trinajstić information content (AvgIpc) is 3.10. The number of allylic oxidation sites excluding steroid dienone is 2. The van der Waals surface area contributed by atoms with Crippen molar-refractivity contribution in [2.24, 2.45) is 17.8 Å². The number of hydrogen-bond donors (Lipinski definition) is 0. The van der Waals surface area contributed by atoms with Gasteiger partial charge in [-0.25, -0.2) is 0 Å². The minimum Gasteiger partial charge on any atom is -0.455 e. The minimum absolute atomic E-state index is 0.0919. The van der Waals surface area contributed by atoms with Gasteiger partial charge in [0.2, 0.25) is 0 Å². The molecule has 24 heavy (non-hydrogen) atoms. The molecule has 9 heteroatoms. The first-order valence-electron chi connectivity index (χ1n) is 7.65. The Morgan fingerprint density at radius 1 is 1.25 bits per heavy atom. The lowest BCUT2D eigenvalue weighted by Gasteiger charge is -2.45. The molecular weight excluding hydrogens is 339 g/mol. The van der Waals surface area contributed by atoms with Crippen LogP contribution in [0.2, 0.25) is 0 Å². The van der Waals surface area contributed by atoms with Gasteiger partial charge in [0.1, 0.15) is 0 Å². The van der Waals surface area contributed by atoms with Crippen LogP contribution in [-0.2, 0) is 19.0 Å². The third-order valence-corrected chi connectivity index (χ3v) is 5.03. The highest BCUT2D eigenvalue weighted by atomic mass is 19.4. The van der Waals surface area contributed by atoms with Gasteiger partial charge in [-0.1, -0.05) is 12.2 Å². The van der Waals surface area contributed by atoms with E-state index in [9.17, 15) is 26.7 Å². The van der Waals surface area contributed by atoms with Crippen LogP contribution < -0.4 is 0 Å². The van der Waals surface area contributed by atoms with Gasteiger partial charge in [0, 0.05) is 13.5 Å². The van der Waals surface area contributed by atoms with E-state index in [1.54, 1.807) is 0 Å². The van der Waals surface area contributed by atoms with E-state index >= 15 is 0 Å². The highest BCUT2D eigenvalue weighted by Crippen LogP contribution is 2.51. The van der Waals surface area contributed by atoms with Gasteiger partial charge >= 0.3 is 23.9 Å². The number of alkyl halides is 5. The smallest absolute Gasteiger partial charge is 0.450 e. The lowest BCUT2D eigenvalue weighted by molar-refractivity contribution is -0.461. The van der Waals surface area contributed by atoms with Crippen molar-refractivity contribution in [1.29, 1.82) is 0 Å². The van der Waals surface area contributed by atoms with Crippen LogP contribution in [0.1, 0.15) is 19.3 Å². The van der Waals surface area contributed by atoms with Gasteiger partial charge in [-0.15, -0.1) is 0 Å². The van der Waals surface area contributed by atoms with Gasteiger partial charge in [-0.2, -0.15) is 22.0 Å². The molecule has 0 aromatic rings. The molecule has 4 nitrogen and oxygen atoms in total. The van der Waals surface area contributed by atoms with Crippen LogP contribution in [0.15, 0.2) is 12.2 Å². The summed E-state index contributed by atoms with van der Waals surface area (Å²) in [4.78, 5) is 12.2. The maximum Gasteiger partial charge on any atom is 0.450 e. The van der Waals surface area contributed by atoms with E-state index in [2.05, 4.69) is 9.47 Å². The fourth-order valence-corrected chi connectivity index (χ4v) is 3.79. The summed E-state index contributed by atoms with van der Waals surface area (Å²) >= 11 is 0. The van der Waals surface area contributed by atoms with E-state index in [1.165, 1.54) is 0 Å². The maximum atomic E-state index is 14.5. The van der Waals surface area contributed by atoms with E-state index in [0.29, 0.717) is 13.5 Å². The van der Waals surface area contributed by atoms with Crippen molar-refractivity contribution in [1.82, 2.24) is 0 Å². The normalized spacial score (nSPS) is 40.8. The Morgan fingerprint density at radius 2 is 1.96 bits per heavy atom. The topological polar surface area (TPSA) is 44.8 Å². The van der Waals surface area contributed by atoms with Gasteiger partial charge in [0.25, 0.3) is 0 Å². The molecule has 3 aliphatic rings. The second-order valence-corrected chi connectivity index (χ2v) is 6.39. The summed E-state index contributed by atoms with van der Waals surface area (Å²) in [5.41, 5.74) is 0. The molecule has 1 saturated heterocycles. The number of methoxy groups -OCH3 is 1. The van der Waals surface area contributed by atoms with E-state index in [0.717, 1.165) is 6.42 Å². The molecule has 1 saturated carbocycles. The minimum atomic E-state index is -5.48. The Bertz CT molecular complexity index is 546. The molecule has 136 valence electrons. The number of fused-ring (bicyclic) bond motifs is 2. The highest BCUT2D eigenvalue weighted by Gasteiger charge is 2.77. The third kappa shape index (κ3) is 2.44. The predicted molar refractivity (Wildman–Crippen MR) is 70.0 cm³/mol. The molecular formula is C15H17F5O4. The first-order chi connectivity index (χ1) is 11.1. The number of halogens is 5. The zero-order valence-corrected chi connectivity index (χ0v) is 12.8. The summed E-state index contributed by atoms with van der Waals surface area (Å²) in [6, 6.07) is 0. The van der Waals surface area contributed by atoms with Crippen molar-refractivity contribution in [3.05, 3.63) is 12.2 Å². The van der Waals surface area contributed by atoms with E-state index < -0.39 is 48.9 Å². The average molecular weight is 356 g/mol. The number of hydrogen-bond acceptors (Lipinski definition) is 4. The van der Waals surface area contributed by atoms with Gasteiger partial charge in [-0.3, -0.25) is 4.79 Å². The second-order valence-electron chi connectivity index (χ2n) is 6.39. The predicted octanol–water partition coefficient (Wildman–Crippen LogP) is 3.07. The fraction of sp³-hybridized carbons (Fsp3) is 0.800. The number of carbonyl (C=O) groups excluding carboxylic acids is 1. The lowest BCUT2D eigenvalue weighted by atomic mass is 9.93. The molecule has 0 aromatic carbocycles. The van der Waals surface area contributed by atoms with Crippen LogP contribution >= 0.6 is 0 Å². The van der Waals surface area contributed by atoms with E-state index in [4.69, 9.17) is 4.74 Å². The number of carbonyl (C=O) groups is 1. The van der Waals surface area contributed by atoms with Gasteiger partial charge in [-0.05, 0) is 24.7 Å². The lowest BCUT2D eigenvalue weighted by Crippen LogP contribution is -2.69. The van der Waals surface area contributed by atoms with Gasteiger partial charge in [0.05, 0.1) is 12.5 Å². The standard InChI is InChI=1S/C15H17F5O4/c1-22-14(15(18,19)20)13(16,17)11(4-5-23-14)24-12(21)10-7-8-2-3-9(10)6-8/h2-3,8-11H,4-7H2,1H3. The SMILES string of the molecule is COC1(C(F)(F)F)OCCC(OC(=O)C2CC3C=CC2C3)C1(F)F. The number of esters is 1. The molecule has 0 radical (unpaired) electrons. The molecule has 3 rings (SSSR count). The van der Waals surface area contributed by atoms with Crippen LogP contribution in [0.4, 0.5) is 22.0 Å².